The second-order valence-corrected chi connectivity index (χ2v) is 5.57. The fraction of sp³-hybridized carbons (Fsp3) is 0.909. The summed E-state index contributed by atoms with van der Waals surface area (Å²) < 4.78 is 6.84. The van der Waals surface area contributed by atoms with Crippen molar-refractivity contribution in [2.24, 2.45) is 5.92 Å². The minimum absolute atomic E-state index is 0.735. The number of ether oxygens (including phenoxy) is 1. The van der Waals surface area contributed by atoms with Crippen molar-refractivity contribution >= 4 is 11.8 Å². The predicted octanol–water partition coefficient (Wildman–Crippen LogP) is 0.801. The number of rotatable bonds is 10. The highest BCUT2D eigenvalue weighted by atomic mass is 32.2. The highest BCUT2D eigenvalue weighted by Crippen LogP contribution is 2.34. The predicted molar refractivity (Wildman–Crippen MR) is 70.6 cm³/mol. The Balaban J connectivity index is 1.62. The molecule has 0 aliphatic heterocycles. The third kappa shape index (κ3) is 4.91. The minimum Gasteiger partial charge on any atom is -0.383 e. The normalized spacial score (nSPS) is 15.2. The van der Waals surface area contributed by atoms with Crippen LogP contribution >= 0.6 is 11.8 Å². The Bertz CT molecular complexity index is 342. The highest BCUT2D eigenvalue weighted by molar-refractivity contribution is 7.99. The van der Waals surface area contributed by atoms with E-state index in [-0.39, 0.29) is 0 Å². The topological polar surface area (TPSA) is 64.9 Å². The molecule has 0 amide bonds. The number of nitrogens with zero attached hydrogens (tertiary/aromatic N) is 4. The van der Waals surface area contributed by atoms with E-state index < -0.39 is 0 Å². The van der Waals surface area contributed by atoms with Crippen molar-refractivity contribution in [3.05, 3.63) is 0 Å². The Kier molecular flexibility index (Phi) is 5.89. The first kappa shape index (κ1) is 13.8. The Hall–Kier alpha value is -0.660. The Labute approximate surface area is 112 Å². The molecular formula is C11H21N5OS. The maximum Gasteiger partial charge on any atom is 0.209 e. The van der Waals surface area contributed by atoms with E-state index in [1.54, 1.807) is 18.9 Å². The van der Waals surface area contributed by atoms with Crippen molar-refractivity contribution < 1.29 is 4.74 Å². The van der Waals surface area contributed by atoms with Crippen LogP contribution < -0.4 is 5.32 Å². The van der Waals surface area contributed by atoms with Crippen LogP contribution in [0.2, 0.25) is 0 Å². The van der Waals surface area contributed by atoms with Gasteiger partial charge in [0, 0.05) is 26.0 Å². The summed E-state index contributed by atoms with van der Waals surface area (Å²) in [4.78, 5) is 0. The van der Waals surface area contributed by atoms with E-state index >= 15 is 0 Å². The molecule has 1 aromatic rings. The van der Waals surface area contributed by atoms with Crippen molar-refractivity contribution in [3.8, 4) is 0 Å². The summed E-state index contributed by atoms with van der Waals surface area (Å²) in [5, 5.41) is 16.0. The molecule has 1 aromatic heterocycles. The lowest BCUT2D eigenvalue weighted by atomic mass is 10.3. The molecule has 1 aliphatic carbocycles. The van der Waals surface area contributed by atoms with Gasteiger partial charge >= 0.3 is 0 Å². The van der Waals surface area contributed by atoms with Crippen molar-refractivity contribution in [1.29, 1.82) is 0 Å². The van der Waals surface area contributed by atoms with Crippen LogP contribution in [0.15, 0.2) is 5.16 Å². The van der Waals surface area contributed by atoms with Gasteiger partial charge in [0.2, 0.25) is 5.16 Å². The molecule has 1 N–H and O–H groups in total. The number of nitrogens with one attached hydrogen (secondary N) is 1. The zero-order chi connectivity index (χ0) is 12.6. The van der Waals surface area contributed by atoms with Crippen LogP contribution in [0, 0.1) is 5.92 Å². The van der Waals surface area contributed by atoms with E-state index in [1.807, 2.05) is 4.68 Å². The van der Waals surface area contributed by atoms with Gasteiger partial charge in [0.15, 0.2) is 0 Å². The number of tetrazole rings is 1. The average Bonchev–Trinajstić information content (AvgIpc) is 3.09. The quantitative estimate of drug-likeness (QED) is 0.501. The molecule has 7 heteroatoms. The molecule has 1 saturated carbocycles. The fourth-order valence-electron chi connectivity index (χ4n) is 1.65. The molecular weight excluding hydrogens is 250 g/mol. The molecule has 0 bridgehead atoms. The highest BCUT2D eigenvalue weighted by Gasteiger charge is 2.20. The fourth-order valence-corrected chi connectivity index (χ4v) is 2.65. The first-order valence-electron chi connectivity index (χ1n) is 6.49. The van der Waals surface area contributed by atoms with Crippen LogP contribution in [-0.2, 0) is 11.3 Å². The van der Waals surface area contributed by atoms with Gasteiger partial charge in [-0.15, -0.1) is 5.10 Å². The molecule has 1 heterocycles. The lowest BCUT2D eigenvalue weighted by Crippen LogP contribution is -2.24. The molecule has 0 radical (unpaired) electrons. The Morgan fingerprint density at radius 3 is 3.11 bits per heavy atom. The Morgan fingerprint density at radius 2 is 2.33 bits per heavy atom. The third-order valence-corrected chi connectivity index (χ3v) is 3.93. The van der Waals surface area contributed by atoms with Crippen molar-refractivity contribution in [2.75, 3.05) is 32.6 Å². The second kappa shape index (κ2) is 7.70. The van der Waals surface area contributed by atoms with E-state index in [0.29, 0.717) is 0 Å². The number of thioether (sulfide) groups is 1. The molecule has 0 atom stereocenters. The summed E-state index contributed by atoms with van der Waals surface area (Å²) in [6, 6.07) is 0. The van der Waals surface area contributed by atoms with Gasteiger partial charge in [-0.05, 0) is 22.8 Å². The number of hydrogen-bond acceptors (Lipinski definition) is 6. The minimum atomic E-state index is 0.735. The van der Waals surface area contributed by atoms with Gasteiger partial charge < -0.3 is 10.1 Å². The average molecular weight is 271 g/mol. The molecule has 0 unspecified atom stereocenters. The standard InChI is InChI=1S/C11H21N5OS/c1-17-8-6-12-5-7-16-11(13-14-15-16)18-9-4-10-2-3-10/h10,12H,2-9H2,1H3. The maximum atomic E-state index is 4.97. The SMILES string of the molecule is COCCNCCn1nnnc1SCCC1CC1. The molecule has 18 heavy (non-hydrogen) atoms. The smallest absolute Gasteiger partial charge is 0.209 e. The van der Waals surface area contributed by atoms with Crippen LogP contribution in [0.25, 0.3) is 0 Å². The molecule has 0 spiro atoms. The first-order valence-corrected chi connectivity index (χ1v) is 7.47. The van der Waals surface area contributed by atoms with E-state index in [0.717, 1.165) is 43.1 Å². The summed E-state index contributed by atoms with van der Waals surface area (Å²) in [5.41, 5.74) is 0. The van der Waals surface area contributed by atoms with Crippen molar-refractivity contribution in [3.63, 3.8) is 0 Å². The van der Waals surface area contributed by atoms with Crippen molar-refractivity contribution in [1.82, 2.24) is 25.5 Å². The first-order chi connectivity index (χ1) is 8.90. The molecule has 6 nitrogen and oxygen atoms in total. The van der Waals surface area contributed by atoms with Gasteiger partial charge in [-0.25, -0.2) is 4.68 Å². The molecule has 102 valence electrons. The molecule has 1 aliphatic rings. The monoisotopic (exact) mass is 271 g/mol. The number of aromatic nitrogens is 4. The van der Waals surface area contributed by atoms with Gasteiger partial charge in [-0.3, -0.25) is 0 Å². The number of hydrogen-bond donors (Lipinski definition) is 1. The van der Waals surface area contributed by atoms with Crippen LogP contribution in [0.1, 0.15) is 19.3 Å². The van der Waals surface area contributed by atoms with E-state index in [9.17, 15) is 0 Å². The summed E-state index contributed by atoms with van der Waals surface area (Å²) in [6.07, 6.45) is 4.12. The van der Waals surface area contributed by atoms with Gasteiger partial charge in [0.25, 0.3) is 0 Å². The third-order valence-electron chi connectivity index (χ3n) is 2.94. The lowest BCUT2D eigenvalue weighted by molar-refractivity contribution is 0.199. The van der Waals surface area contributed by atoms with Crippen LogP contribution in [0.4, 0.5) is 0 Å². The van der Waals surface area contributed by atoms with E-state index in [2.05, 4.69) is 20.8 Å². The van der Waals surface area contributed by atoms with Gasteiger partial charge in [-0.1, -0.05) is 24.6 Å². The molecule has 1 fully saturated rings. The molecule has 2 rings (SSSR count). The van der Waals surface area contributed by atoms with Gasteiger partial charge in [0.1, 0.15) is 0 Å². The maximum absolute atomic E-state index is 4.97. The summed E-state index contributed by atoms with van der Waals surface area (Å²) in [7, 11) is 1.71. The van der Waals surface area contributed by atoms with E-state index in [1.165, 1.54) is 19.3 Å². The zero-order valence-corrected chi connectivity index (χ0v) is 11.7. The Morgan fingerprint density at radius 1 is 1.44 bits per heavy atom. The number of methoxy groups -OCH3 is 1. The molecule has 0 aromatic carbocycles. The van der Waals surface area contributed by atoms with Gasteiger partial charge in [-0.2, -0.15) is 0 Å². The van der Waals surface area contributed by atoms with Crippen molar-refractivity contribution in [2.45, 2.75) is 31.0 Å². The van der Waals surface area contributed by atoms with E-state index in [4.69, 9.17) is 4.74 Å². The lowest BCUT2D eigenvalue weighted by Gasteiger charge is -2.05. The second-order valence-electron chi connectivity index (χ2n) is 4.51. The zero-order valence-electron chi connectivity index (χ0n) is 10.8. The van der Waals surface area contributed by atoms with Crippen LogP contribution in [0.5, 0.6) is 0 Å². The summed E-state index contributed by atoms with van der Waals surface area (Å²) in [5.74, 6) is 2.10. The van der Waals surface area contributed by atoms with Crippen LogP contribution in [0.3, 0.4) is 0 Å². The molecule has 0 saturated heterocycles. The summed E-state index contributed by atoms with van der Waals surface area (Å²) in [6.45, 7) is 3.27. The van der Waals surface area contributed by atoms with Crippen LogP contribution in [-0.4, -0.2) is 52.8 Å². The summed E-state index contributed by atoms with van der Waals surface area (Å²) >= 11 is 1.76. The largest absolute Gasteiger partial charge is 0.383 e. The van der Waals surface area contributed by atoms with Gasteiger partial charge in [0.05, 0.1) is 13.2 Å².